The van der Waals surface area contributed by atoms with Gasteiger partial charge in [0.25, 0.3) is 0 Å². The molecule has 0 radical (unpaired) electrons. The van der Waals surface area contributed by atoms with Crippen molar-refractivity contribution in [3.8, 4) is 11.4 Å². The van der Waals surface area contributed by atoms with Crippen molar-refractivity contribution in [2.24, 2.45) is 5.92 Å². The van der Waals surface area contributed by atoms with Crippen molar-refractivity contribution < 1.29 is 9.53 Å². The van der Waals surface area contributed by atoms with Crippen LogP contribution in [-0.2, 0) is 9.53 Å². The Hall–Kier alpha value is -2.01. The number of aromatic amines is 1. The summed E-state index contributed by atoms with van der Waals surface area (Å²) < 4.78 is 4.94. The van der Waals surface area contributed by atoms with Crippen molar-refractivity contribution in [2.75, 3.05) is 13.7 Å². The number of ether oxygens (including phenoxy) is 1. The fourth-order valence-corrected chi connectivity index (χ4v) is 3.12. The number of ketones is 1. The van der Waals surface area contributed by atoms with E-state index in [0.29, 0.717) is 5.92 Å². The molecule has 0 atom stereocenters. The van der Waals surface area contributed by atoms with Crippen LogP contribution in [0.1, 0.15) is 37.4 Å². The first-order valence-corrected chi connectivity index (χ1v) is 7.77. The van der Waals surface area contributed by atoms with Crippen LogP contribution in [0.2, 0.25) is 0 Å². The first kappa shape index (κ1) is 14.9. The maximum Gasteiger partial charge on any atom is 0.181 e. The van der Waals surface area contributed by atoms with Crippen LogP contribution in [0.25, 0.3) is 11.4 Å². The van der Waals surface area contributed by atoms with E-state index in [2.05, 4.69) is 15.2 Å². The average Bonchev–Trinajstić information content (AvgIpc) is 3.06. The zero-order chi connectivity index (χ0) is 15.4. The van der Waals surface area contributed by atoms with E-state index in [9.17, 15) is 4.79 Å². The Labute approximate surface area is 130 Å². The maximum absolute atomic E-state index is 11.9. The van der Waals surface area contributed by atoms with Gasteiger partial charge in [-0.05, 0) is 25.7 Å². The summed E-state index contributed by atoms with van der Waals surface area (Å²) in [5.74, 6) is 2.43. The molecule has 1 fully saturated rings. The maximum atomic E-state index is 11.9. The molecule has 5 heteroatoms. The van der Waals surface area contributed by atoms with Gasteiger partial charge >= 0.3 is 0 Å². The van der Waals surface area contributed by atoms with Crippen LogP contribution in [0, 0.1) is 5.92 Å². The Bertz CT molecular complexity index is 616. The lowest BCUT2D eigenvalue weighted by atomic mass is 9.80. The van der Waals surface area contributed by atoms with E-state index >= 15 is 0 Å². The minimum absolute atomic E-state index is 0.146. The fraction of sp³-hybridized carbons (Fsp3) is 0.471. The molecule has 1 saturated carbocycles. The number of carbonyl (C=O) groups is 1. The number of aromatic nitrogens is 3. The lowest BCUT2D eigenvalue weighted by molar-refractivity contribution is -0.127. The van der Waals surface area contributed by atoms with Gasteiger partial charge in [-0.2, -0.15) is 5.10 Å². The molecule has 0 spiro atoms. The van der Waals surface area contributed by atoms with Crippen molar-refractivity contribution in [3.63, 3.8) is 0 Å². The Balaban J connectivity index is 1.63. The number of methoxy groups -OCH3 is 1. The van der Waals surface area contributed by atoms with Crippen LogP contribution in [0.15, 0.2) is 30.3 Å². The Kier molecular flexibility index (Phi) is 4.63. The van der Waals surface area contributed by atoms with E-state index in [1.165, 1.54) is 0 Å². The molecule has 0 saturated heterocycles. The largest absolute Gasteiger partial charge is 0.377 e. The van der Waals surface area contributed by atoms with Gasteiger partial charge in [0.15, 0.2) is 11.6 Å². The van der Waals surface area contributed by atoms with Crippen molar-refractivity contribution in [2.45, 2.75) is 31.6 Å². The van der Waals surface area contributed by atoms with Gasteiger partial charge in [0.05, 0.1) is 0 Å². The molecule has 0 bridgehead atoms. The van der Waals surface area contributed by atoms with Crippen LogP contribution < -0.4 is 0 Å². The number of hydrogen-bond donors (Lipinski definition) is 1. The van der Waals surface area contributed by atoms with Gasteiger partial charge in [0.1, 0.15) is 12.4 Å². The lowest BCUT2D eigenvalue weighted by Gasteiger charge is -2.25. The highest BCUT2D eigenvalue weighted by Crippen LogP contribution is 2.35. The number of nitrogens with zero attached hydrogens (tertiary/aromatic N) is 2. The van der Waals surface area contributed by atoms with Crippen LogP contribution in [-0.4, -0.2) is 34.7 Å². The standard InChI is InChI=1S/C17H21N3O2/c1-22-11-15(21)12-7-9-14(10-8-12)17-18-16(19-20-17)13-5-3-2-4-6-13/h2-6,12,14H,7-11H2,1H3,(H,18,19,20). The molecule has 2 aromatic rings. The second-order valence-corrected chi connectivity index (χ2v) is 5.86. The summed E-state index contributed by atoms with van der Waals surface area (Å²) in [6, 6.07) is 9.96. The van der Waals surface area contributed by atoms with Crippen molar-refractivity contribution in [1.82, 2.24) is 15.2 Å². The normalized spacial score (nSPS) is 21.7. The molecule has 0 unspecified atom stereocenters. The molecule has 0 amide bonds. The summed E-state index contributed by atoms with van der Waals surface area (Å²) in [4.78, 5) is 16.5. The molecule has 0 aliphatic heterocycles. The second kappa shape index (κ2) is 6.83. The minimum Gasteiger partial charge on any atom is -0.377 e. The lowest BCUT2D eigenvalue weighted by Crippen LogP contribution is -2.24. The van der Waals surface area contributed by atoms with Gasteiger partial charge < -0.3 is 4.74 Å². The number of benzene rings is 1. The zero-order valence-electron chi connectivity index (χ0n) is 12.8. The van der Waals surface area contributed by atoms with Gasteiger partial charge in [-0.1, -0.05) is 30.3 Å². The van der Waals surface area contributed by atoms with E-state index in [1.54, 1.807) is 7.11 Å². The Morgan fingerprint density at radius 2 is 1.95 bits per heavy atom. The highest BCUT2D eigenvalue weighted by atomic mass is 16.5. The molecule has 3 rings (SSSR count). The van der Waals surface area contributed by atoms with E-state index in [1.807, 2.05) is 30.3 Å². The highest BCUT2D eigenvalue weighted by Gasteiger charge is 2.28. The predicted octanol–water partition coefficient (Wildman–Crippen LogP) is 2.96. The third-order valence-corrected chi connectivity index (χ3v) is 4.39. The Morgan fingerprint density at radius 1 is 1.23 bits per heavy atom. The predicted molar refractivity (Wildman–Crippen MR) is 83.4 cm³/mol. The highest BCUT2D eigenvalue weighted by molar-refractivity contribution is 5.82. The first-order valence-electron chi connectivity index (χ1n) is 7.77. The number of nitrogens with one attached hydrogen (secondary N) is 1. The van der Waals surface area contributed by atoms with Crippen molar-refractivity contribution in [1.29, 1.82) is 0 Å². The van der Waals surface area contributed by atoms with Gasteiger partial charge in [-0.3, -0.25) is 9.89 Å². The molecule has 1 aromatic heterocycles. The number of hydrogen-bond acceptors (Lipinski definition) is 4. The summed E-state index contributed by atoms with van der Waals surface area (Å²) in [7, 11) is 1.57. The van der Waals surface area contributed by atoms with Gasteiger partial charge in [0, 0.05) is 24.5 Å². The molecule has 1 heterocycles. The van der Waals surface area contributed by atoms with Crippen molar-refractivity contribution >= 4 is 5.78 Å². The summed E-state index contributed by atoms with van der Waals surface area (Å²) >= 11 is 0. The molecule has 116 valence electrons. The van der Waals surface area contributed by atoms with Gasteiger partial charge in [-0.15, -0.1) is 0 Å². The smallest absolute Gasteiger partial charge is 0.181 e. The van der Waals surface area contributed by atoms with E-state index in [0.717, 1.165) is 42.9 Å². The summed E-state index contributed by atoms with van der Waals surface area (Å²) in [6.45, 7) is 0.232. The summed E-state index contributed by atoms with van der Waals surface area (Å²) in [5, 5.41) is 7.39. The first-order chi connectivity index (χ1) is 10.8. The van der Waals surface area contributed by atoms with Crippen LogP contribution in [0.3, 0.4) is 0 Å². The number of H-pyrrole nitrogens is 1. The zero-order valence-corrected chi connectivity index (χ0v) is 12.8. The average molecular weight is 299 g/mol. The number of rotatable bonds is 5. The van der Waals surface area contributed by atoms with Crippen LogP contribution >= 0.6 is 0 Å². The molecular weight excluding hydrogens is 278 g/mol. The summed E-state index contributed by atoms with van der Waals surface area (Å²) in [6.07, 6.45) is 3.77. The van der Waals surface area contributed by atoms with E-state index in [4.69, 9.17) is 4.74 Å². The van der Waals surface area contributed by atoms with E-state index < -0.39 is 0 Å². The second-order valence-electron chi connectivity index (χ2n) is 5.86. The molecule has 1 N–H and O–H groups in total. The third-order valence-electron chi connectivity index (χ3n) is 4.39. The molecule has 22 heavy (non-hydrogen) atoms. The quantitative estimate of drug-likeness (QED) is 0.921. The number of Topliss-reactive ketones (excluding diaryl/α,β-unsaturated/α-hetero) is 1. The monoisotopic (exact) mass is 299 g/mol. The molecular formula is C17H21N3O2. The minimum atomic E-state index is 0.146. The molecule has 5 nitrogen and oxygen atoms in total. The third kappa shape index (κ3) is 3.25. The topological polar surface area (TPSA) is 67.9 Å². The summed E-state index contributed by atoms with van der Waals surface area (Å²) in [5.41, 5.74) is 1.02. The molecule has 1 aliphatic carbocycles. The van der Waals surface area contributed by atoms with Crippen LogP contribution in [0.5, 0.6) is 0 Å². The van der Waals surface area contributed by atoms with Gasteiger partial charge in [0.2, 0.25) is 0 Å². The fourth-order valence-electron chi connectivity index (χ4n) is 3.12. The van der Waals surface area contributed by atoms with E-state index in [-0.39, 0.29) is 18.3 Å². The molecule has 1 aliphatic rings. The van der Waals surface area contributed by atoms with Gasteiger partial charge in [-0.25, -0.2) is 4.98 Å². The SMILES string of the molecule is COCC(=O)C1CCC(c2nc(-c3ccccc3)n[nH]2)CC1. The number of carbonyl (C=O) groups excluding carboxylic acids is 1. The van der Waals surface area contributed by atoms with Crippen molar-refractivity contribution in [3.05, 3.63) is 36.2 Å². The molecule has 1 aromatic carbocycles. The Morgan fingerprint density at radius 3 is 2.64 bits per heavy atom. The van der Waals surface area contributed by atoms with Crippen LogP contribution in [0.4, 0.5) is 0 Å².